The molecule has 0 fully saturated rings. The van der Waals surface area contributed by atoms with Gasteiger partial charge in [-0.3, -0.25) is 30.5 Å². The fourth-order valence-electron chi connectivity index (χ4n) is 1.95. The minimum absolute atomic E-state index is 0.107. The van der Waals surface area contributed by atoms with Crippen LogP contribution >= 0.6 is 0 Å². The number of aromatic amines is 1. The summed E-state index contributed by atoms with van der Waals surface area (Å²) in [6.07, 6.45) is 2.80. The van der Waals surface area contributed by atoms with Crippen molar-refractivity contribution < 1.29 is 9.59 Å². The van der Waals surface area contributed by atoms with Crippen LogP contribution in [0.3, 0.4) is 0 Å². The van der Waals surface area contributed by atoms with E-state index in [1.54, 1.807) is 13.0 Å². The molecule has 0 unspecified atom stereocenters. The van der Waals surface area contributed by atoms with Gasteiger partial charge in [-0.25, -0.2) is 4.98 Å². The highest BCUT2D eigenvalue weighted by Gasteiger charge is 2.13. The molecule has 0 saturated heterocycles. The van der Waals surface area contributed by atoms with E-state index in [9.17, 15) is 9.59 Å². The van der Waals surface area contributed by atoms with Crippen molar-refractivity contribution in [3.8, 4) is 11.3 Å². The first-order chi connectivity index (χ1) is 11.6. The molecule has 0 radical (unpaired) electrons. The summed E-state index contributed by atoms with van der Waals surface area (Å²) in [5.41, 5.74) is 7.12. The zero-order chi connectivity index (χ0) is 16.9. The van der Waals surface area contributed by atoms with Crippen LogP contribution < -0.4 is 10.9 Å². The number of benzene rings is 1. The second kappa shape index (κ2) is 6.69. The van der Waals surface area contributed by atoms with E-state index in [0.29, 0.717) is 11.4 Å². The molecular weight excluding hydrogens is 308 g/mol. The van der Waals surface area contributed by atoms with Gasteiger partial charge in [-0.05, 0) is 13.0 Å². The molecule has 0 atom stereocenters. The number of hydrazine groups is 1. The van der Waals surface area contributed by atoms with E-state index in [4.69, 9.17) is 0 Å². The lowest BCUT2D eigenvalue weighted by Crippen LogP contribution is -2.42. The maximum atomic E-state index is 12.0. The third-order valence-corrected chi connectivity index (χ3v) is 3.20. The third-order valence-electron chi connectivity index (χ3n) is 3.20. The van der Waals surface area contributed by atoms with Crippen molar-refractivity contribution in [1.29, 1.82) is 0 Å². The zero-order valence-corrected chi connectivity index (χ0v) is 12.8. The second-order valence-electron chi connectivity index (χ2n) is 4.98. The maximum absolute atomic E-state index is 12.0. The number of aryl methyl sites for hydroxylation is 1. The van der Waals surface area contributed by atoms with Gasteiger partial charge in [0.15, 0.2) is 0 Å². The molecule has 2 amide bonds. The van der Waals surface area contributed by atoms with Gasteiger partial charge in [0.2, 0.25) is 0 Å². The average Bonchev–Trinajstić information content (AvgIpc) is 3.11. The molecular formula is C16H14N6O2. The Morgan fingerprint density at radius 1 is 1.00 bits per heavy atom. The van der Waals surface area contributed by atoms with Crippen LogP contribution in [0.1, 0.15) is 26.7 Å². The number of H-pyrrole nitrogens is 1. The van der Waals surface area contributed by atoms with Gasteiger partial charge in [0.05, 0.1) is 17.6 Å². The SMILES string of the molecule is Cc1cnc(C(=O)NNC(=O)c2cc(-c3ccccc3)n[nH]2)cn1. The van der Waals surface area contributed by atoms with Crippen molar-refractivity contribution in [2.75, 3.05) is 0 Å². The Kier molecular flexibility index (Phi) is 4.28. The molecule has 8 heteroatoms. The number of hydrogen-bond acceptors (Lipinski definition) is 5. The zero-order valence-electron chi connectivity index (χ0n) is 12.8. The van der Waals surface area contributed by atoms with Crippen molar-refractivity contribution in [3.05, 3.63) is 65.9 Å². The molecule has 2 aromatic heterocycles. The predicted octanol–water partition coefficient (Wildman–Crippen LogP) is 1.25. The number of hydrogen-bond donors (Lipinski definition) is 3. The summed E-state index contributed by atoms with van der Waals surface area (Å²) in [5, 5.41) is 6.72. The van der Waals surface area contributed by atoms with E-state index >= 15 is 0 Å². The van der Waals surface area contributed by atoms with Gasteiger partial charge in [-0.15, -0.1) is 0 Å². The maximum Gasteiger partial charge on any atom is 0.289 e. The van der Waals surface area contributed by atoms with Gasteiger partial charge in [0, 0.05) is 11.8 Å². The summed E-state index contributed by atoms with van der Waals surface area (Å²) >= 11 is 0. The number of aromatic nitrogens is 4. The number of amides is 2. The van der Waals surface area contributed by atoms with Gasteiger partial charge >= 0.3 is 0 Å². The van der Waals surface area contributed by atoms with Crippen molar-refractivity contribution in [2.24, 2.45) is 0 Å². The van der Waals surface area contributed by atoms with Gasteiger partial charge in [0.1, 0.15) is 11.4 Å². The number of nitrogens with one attached hydrogen (secondary N) is 3. The van der Waals surface area contributed by atoms with E-state index in [1.165, 1.54) is 12.4 Å². The van der Waals surface area contributed by atoms with Crippen LogP contribution in [0, 0.1) is 6.92 Å². The molecule has 3 rings (SSSR count). The molecule has 3 N–H and O–H groups in total. The summed E-state index contributed by atoms with van der Waals surface area (Å²) in [6.45, 7) is 1.76. The largest absolute Gasteiger partial charge is 0.289 e. The lowest BCUT2D eigenvalue weighted by Gasteiger charge is -2.05. The topological polar surface area (TPSA) is 113 Å². The van der Waals surface area contributed by atoms with Crippen LogP contribution in [0.5, 0.6) is 0 Å². The molecule has 0 spiro atoms. The van der Waals surface area contributed by atoms with E-state index in [1.807, 2.05) is 30.3 Å². The summed E-state index contributed by atoms with van der Waals surface area (Å²) in [7, 11) is 0. The van der Waals surface area contributed by atoms with Crippen LogP contribution in [-0.4, -0.2) is 32.0 Å². The Morgan fingerprint density at radius 2 is 1.75 bits per heavy atom. The Bertz CT molecular complexity index is 858. The Balaban J connectivity index is 1.62. The molecule has 120 valence electrons. The molecule has 8 nitrogen and oxygen atoms in total. The van der Waals surface area contributed by atoms with Crippen molar-refractivity contribution in [2.45, 2.75) is 6.92 Å². The molecule has 0 aliphatic carbocycles. The van der Waals surface area contributed by atoms with E-state index in [0.717, 1.165) is 5.56 Å². The number of nitrogens with zero attached hydrogens (tertiary/aromatic N) is 3. The third kappa shape index (κ3) is 3.43. The number of carbonyl (C=O) groups is 2. The van der Waals surface area contributed by atoms with E-state index in [-0.39, 0.29) is 11.4 Å². The highest BCUT2D eigenvalue weighted by Crippen LogP contribution is 2.16. The molecule has 0 aliphatic heterocycles. The van der Waals surface area contributed by atoms with Crippen molar-refractivity contribution >= 4 is 11.8 Å². The highest BCUT2D eigenvalue weighted by molar-refractivity contribution is 5.97. The van der Waals surface area contributed by atoms with Gasteiger partial charge in [-0.1, -0.05) is 30.3 Å². The first-order valence-corrected chi connectivity index (χ1v) is 7.13. The fraction of sp³-hybridized carbons (Fsp3) is 0.0625. The average molecular weight is 322 g/mol. The highest BCUT2D eigenvalue weighted by atomic mass is 16.2. The molecule has 24 heavy (non-hydrogen) atoms. The monoisotopic (exact) mass is 322 g/mol. The minimum Gasteiger partial charge on any atom is -0.272 e. The molecule has 0 aliphatic rings. The molecule has 0 bridgehead atoms. The van der Waals surface area contributed by atoms with Gasteiger partial charge < -0.3 is 0 Å². The second-order valence-corrected chi connectivity index (χ2v) is 4.98. The van der Waals surface area contributed by atoms with Crippen molar-refractivity contribution in [3.63, 3.8) is 0 Å². The lowest BCUT2D eigenvalue weighted by atomic mass is 10.1. The van der Waals surface area contributed by atoms with Gasteiger partial charge in [0.25, 0.3) is 11.8 Å². The van der Waals surface area contributed by atoms with Crippen LogP contribution in [0.25, 0.3) is 11.3 Å². The smallest absolute Gasteiger partial charge is 0.272 e. The first kappa shape index (κ1) is 15.3. The van der Waals surface area contributed by atoms with E-state index < -0.39 is 11.8 Å². The van der Waals surface area contributed by atoms with Crippen LogP contribution in [0.2, 0.25) is 0 Å². The summed E-state index contributed by atoms with van der Waals surface area (Å²) in [6, 6.07) is 11.0. The van der Waals surface area contributed by atoms with Crippen molar-refractivity contribution in [1.82, 2.24) is 31.0 Å². The summed E-state index contributed by atoms with van der Waals surface area (Å²) in [5.74, 6) is -1.07. The lowest BCUT2D eigenvalue weighted by molar-refractivity contribution is 0.0841. The molecule has 3 aromatic rings. The minimum atomic E-state index is -0.557. The standard InChI is InChI=1S/C16H14N6O2/c1-10-8-18-14(9-17-10)16(24)22-21-15(23)13-7-12(19-20-13)11-5-3-2-4-6-11/h2-9H,1H3,(H,19,20)(H,21,23)(H,22,24). The normalized spacial score (nSPS) is 10.2. The number of carbonyl (C=O) groups excluding carboxylic acids is 2. The summed E-state index contributed by atoms with van der Waals surface area (Å²) in [4.78, 5) is 31.8. The van der Waals surface area contributed by atoms with Crippen LogP contribution in [0.4, 0.5) is 0 Å². The summed E-state index contributed by atoms with van der Waals surface area (Å²) < 4.78 is 0. The fourth-order valence-corrected chi connectivity index (χ4v) is 1.95. The van der Waals surface area contributed by atoms with Gasteiger partial charge in [-0.2, -0.15) is 5.10 Å². The quantitative estimate of drug-likeness (QED) is 0.628. The number of rotatable bonds is 3. The van der Waals surface area contributed by atoms with Crippen LogP contribution in [-0.2, 0) is 0 Å². The first-order valence-electron chi connectivity index (χ1n) is 7.13. The molecule has 0 saturated carbocycles. The van der Waals surface area contributed by atoms with Crippen LogP contribution in [0.15, 0.2) is 48.8 Å². The Hall–Kier alpha value is -3.55. The molecule has 2 heterocycles. The Morgan fingerprint density at radius 3 is 2.46 bits per heavy atom. The van der Waals surface area contributed by atoms with E-state index in [2.05, 4.69) is 31.0 Å². The predicted molar refractivity (Wildman–Crippen MR) is 85.7 cm³/mol. The molecule has 1 aromatic carbocycles. The Labute approximate surface area is 137 Å².